The molecule has 3 rings (SSSR count). The molecule has 94 valence electrons. The molecule has 0 aliphatic rings. The Hall–Kier alpha value is -2.89. The third kappa shape index (κ3) is 1.89. The van der Waals surface area contributed by atoms with Crippen molar-refractivity contribution in [3.63, 3.8) is 0 Å². The van der Waals surface area contributed by atoms with Crippen molar-refractivity contribution in [1.29, 1.82) is 0 Å². The number of benzene rings is 2. The highest BCUT2D eigenvalue weighted by atomic mass is 16.6. The van der Waals surface area contributed by atoms with Crippen LogP contribution in [-0.4, -0.2) is 15.0 Å². The van der Waals surface area contributed by atoms with E-state index in [1.807, 2.05) is 30.3 Å². The zero-order valence-electron chi connectivity index (χ0n) is 9.61. The molecular weight excluding hydrogens is 248 g/mol. The number of oxazole rings is 1. The number of fused-ring (bicyclic) bond motifs is 1. The second-order valence-corrected chi connectivity index (χ2v) is 3.95. The SMILES string of the molecule is O=[N+]([O-])c1cc2nc(-c3ccccc3)oc2cc1O. The molecule has 1 heterocycles. The van der Waals surface area contributed by atoms with Crippen molar-refractivity contribution in [3.05, 3.63) is 52.6 Å². The number of phenolic OH excluding ortho intramolecular Hbond substituents is 1. The summed E-state index contributed by atoms with van der Waals surface area (Å²) in [6.07, 6.45) is 0. The van der Waals surface area contributed by atoms with E-state index < -0.39 is 10.7 Å². The van der Waals surface area contributed by atoms with Crippen LogP contribution in [0.3, 0.4) is 0 Å². The molecule has 0 aliphatic carbocycles. The van der Waals surface area contributed by atoms with Gasteiger partial charge in [-0.3, -0.25) is 10.1 Å². The smallest absolute Gasteiger partial charge is 0.313 e. The van der Waals surface area contributed by atoms with E-state index in [4.69, 9.17) is 4.42 Å². The van der Waals surface area contributed by atoms with E-state index in [2.05, 4.69) is 4.98 Å². The minimum absolute atomic E-state index is 0.307. The van der Waals surface area contributed by atoms with Crippen molar-refractivity contribution < 1.29 is 14.4 Å². The van der Waals surface area contributed by atoms with E-state index in [1.165, 1.54) is 12.1 Å². The molecule has 19 heavy (non-hydrogen) atoms. The van der Waals surface area contributed by atoms with Crippen LogP contribution >= 0.6 is 0 Å². The highest BCUT2D eigenvalue weighted by Crippen LogP contribution is 2.33. The van der Waals surface area contributed by atoms with Crippen LogP contribution in [0.25, 0.3) is 22.6 Å². The Morgan fingerprint density at radius 1 is 1.21 bits per heavy atom. The Morgan fingerprint density at radius 2 is 1.95 bits per heavy atom. The fourth-order valence-electron chi connectivity index (χ4n) is 1.80. The van der Waals surface area contributed by atoms with Crippen LogP contribution in [0.15, 0.2) is 46.9 Å². The first-order valence-corrected chi connectivity index (χ1v) is 5.48. The summed E-state index contributed by atoms with van der Waals surface area (Å²) in [5.74, 6) is -0.0799. The molecule has 6 nitrogen and oxygen atoms in total. The second-order valence-electron chi connectivity index (χ2n) is 3.95. The number of nitro groups is 1. The van der Waals surface area contributed by atoms with Gasteiger partial charge in [0, 0.05) is 17.7 Å². The van der Waals surface area contributed by atoms with Crippen LogP contribution in [0.2, 0.25) is 0 Å². The first-order valence-electron chi connectivity index (χ1n) is 5.48. The van der Waals surface area contributed by atoms with Gasteiger partial charge in [0.25, 0.3) is 0 Å². The van der Waals surface area contributed by atoms with E-state index in [9.17, 15) is 15.2 Å². The number of rotatable bonds is 2. The molecule has 0 atom stereocenters. The zero-order chi connectivity index (χ0) is 13.4. The van der Waals surface area contributed by atoms with Crippen LogP contribution in [-0.2, 0) is 0 Å². The highest BCUT2D eigenvalue weighted by molar-refractivity contribution is 5.81. The highest BCUT2D eigenvalue weighted by Gasteiger charge is 2.18. The molecule has 0 amide bonds. The lowest BCUT2D eigenvalue weighted by Crippen LogP contribution is -1.88. The molecule has 0 spiro atoms. The number of aromatic hydroxyl groups is 1. The lowest BCUT2D eigenvalue weighted by molar-refractivity contribution is -0.385. The first-order chi connectivity index (χ1) is 9.15. The number of hydrogen-bond donors (Lipinski definition) is 1. The zero-order valence-corrected chi connectivity index (χ0v) is 9.61. The Balaban J connectivity index is 2.19. The van der Waals surface area contributed by atoms with Crippen molar-refractivity contribution in [2.75, 3.05) is 0 Å². The molecule has 0 bridgehead atoms. The molecule has 1 aromatic heterocycles. The predicted molar refractivity (Wildman–Crippen MR) is 67.8 cm³/mol. The number of nitro benzene ring substituents is 1. The van der Waals surface area contributed by atoms with Crippen molar-refractivity contribution in [2.45, 2.75) is 0 Å². The Kier molecular flexibility index (Phi) is 2.42. The largest absolute Gasteiger partial charge is 0.502 e. The van der Waals surface area contributed by atoms with E-state index in [0.717, 1.165) is 5.56 Å². The van der Waals surface area contributed by atoms with Gasteiger partial charge in [0.2, 0.25) is 5.89 Å². The van der Waals surface area contributed by atoms with E-state index in [0.29, 0.717) is 17.0 Å². The van der Waals surface area contributed by atoms with Gasteiger partial charge in [-0.1, -0.05) is 18.2 Å². The fraction of sp³-hybridized carbons (Fsp3) is 0. The maximum absolute atomic E-state index is 10.7. The summed E-state index contributed by atoms with van der Waals surface area (Å²) in [5.41, 5.74) is 1.02. The Labute approximate surface area is 107 Å². The van der Waals surface area contributed by atoms with Crippen LogP contribution < -0.4 is 0 Å². The molecule has 2 aromatic carbocycles. The third-order valence-electron chi connectivity index (χ3n) is 2.70. The molecule has 0 saturated heterocycles. The van der Waals surface area contributed by atoms with Gasteiger partial charge >= 0.3 is 5.69 Å². The number of phenols is 1. The van der Waals surface area contributed by atoms with Crippen molar-refractivity contribution >= 4 is 16.8 Å². The van der Waals surface area contributed by atoms with Gasteiger partial charge in [-0.25, -0.2) is 4.98 Å². The molecule has 0 fully saturated rings. The quantitative estimate of drug-likeness (QED) is 0.562. The summed E-state index contributed by atoms with van der Waals surface area (Å²) >= 11 is 0. The van der Waals surface area contributed by atoms with E-state index >= 15 is 0 Å². The standard InChI is InChI=1S/C13H8N2O4/c16-11-7-12-9(6-10(11)15(17)18)14-13(19-12)8-4-2-1-3-5-8/h1-7,16H. The molecule has 0 saturated carbocycles. The fourth-order valence-corrected chi connectivity index (χ4v) is 1.80. The topological polar surface area (TPSA) is 89.4 Å². The van der Waals surface area contributed by atoms with Gasteiger partial charge in [-0.15, -0.1) is 0 Å². The van der Waals surface area contributed by atoms with E-state index in [1.54, 1.807) is 0 Å². The van der Waals surface area contributed by atoms with Crippen molar-refractivity contribution in [1.82, 2.24) is 4.98 Å². The summed E-state index contributed by atoms with van der Waals surface area (Å²) < 4.78 is 5.48. The van der Waals surface area contributed by atoms with Gasteiger partial charge < -0.3 is 9.52 Å². The Bertz CT molecular complexity index is 765. The molecule has 0 radical (unpaired) electrons. The lowest BCUT2D eigenvalue weighted by Gasteiger charge is -1.93. The molecule has 0 aliphatic heterocycles. The number of aromatic nitrogens is 1. The van der Waals surface area contributed by atoms with Crippen LogP contribution in [0, 0.1) is 10.1 Å². The maximum Gasteiger partial charge on any atom is 0.313 e. The lowest BCUT2D eigenvalue weighted by atomic mass is 10.2. The second kappa shape index (κ2) is 4.09. The average Bonchev–Trinajstić information content (AvgIpc) is 2.81. The van der Waals surface area contributed by atoms with Crippen LogP contribution in [0.1, 0.15) is 0 Å². The third-order valence-corrected chi connectivity index (χ3v) is 2.70. The van der Waals surface area contributed by atoms with Crippen molar-refractivity contribution in [2.24, 2.45) is 0 Å². The summed E-state index contributed by atoms with van der Waals surface area (Å²) in [4.78, 5) is 14.3. The van der Waals surface area contributed by atoms with Gasteiger partial charge in [-0.2, -0.15) is 0 Å². The average molecular weight is 256 g/mol. The number of hydrogen-bond acceptors (Lipinski definition) is 5. The number of nitrogens with zero attached hydrogens (tertiary/aromatic N) is 2. The predicted octanol–water partition coefficient (Wildman–Crippen LogP) is 3.11. The molecule has 6 heteroatoms. The normalized spacial score (nSPS) is 10.7. The minimum Gasteiger partial charge on any atom is -0.502 e. The molecule has 3 aromatic rings. The van der Waals surface area contributed by atoms with Crippen LogP contribution in [0.5, 0.6) is 5.75 Å². The minimum atomic E-state index is -0.661. The summed E-state index contributed by atoms with van der Waals surface area (Å²) in [6.45, 7) is 0. The Morgan fingerprint density at radius 3 is 2.63 bits per heavy atom. The summed E-state index contributed by atoms with van der Waals surface area (Å²) in [6, 6.07) is 11.6. The molecule has 1 N–H and O–H groups in total. The van der Waals surface area contributed by atoms with Crippen molar-refractivity contribution in [3.8, 4) is 17.2 Å². The maximum atomic E-state index is 10.7. The van der Waals surface area contributed by atoms with Gasteiger partial charge in [-0.05, 0) is 12.1 Å². The molecule has 0 unspecified atom stereocenters. The van der Waals surface area contributed by atoms with Gasteiger partial charge in [0.05, 0.1) is 4.92 Å². The van der Waals surface area contributed by atoms with Gasteiger partial charge in [0.15, 0.2) is 11.3 Å². The monoisotopic (exact) mass is 256 g/mol. The van der Waals surface area contributed by atoms with E-state index in [-0.39, 0.29) is 5.69 Å². The molecular formula is C13H8N2O4. The van der Waals surface area contributed by atoms with Crippen LogP contribution in [0.4, 0.5) is 5.69 Å². The van der Waals surface area contributed by atoms with Gasteiger partial charge in [0.1, 0.15) is 5.52 Å². The summed E-state index contributed by atoms with van der Waals surface area (Å²) in [5, 5.41) is 20.3. The summed E-state index contributed by atoms with van der Waals surface area (Å²) in [7, 11) is 0. The first kappa shape index (κ1) is 11.2.